The molecule has 1 unspecified atom stereocenters. The fourth-order valence-corrected chi connectivity index (χ4v) is 2.75. The standard InChI is InChI=1S/C18H16BrFN4O3/c1-10(27-15-8-7-11(20)9-13(15)19)17(25)22-18-21-16(23-24-18)12-5-3-4-6-14(12)26-2/h3-10H,1-2H3,(H2,21,22,23,24,25). The van der Waals surface area contributed by atoms with E-state index in [-0.39, 0.29) is 5.95 Å². The quantitative estimate of drug-likeness (QED) is 0.615. The van der Waals surface area contributed by atoms with Gasteiger partial charge in [0.25, 0.3) is 5.91 Å². The molecule has 9 heteroatoms. The Bertz CT molecular complexity index is 963. The summed E-state index contributed by atoms with van der Waals surface area (Å²) in [6, 6.07) is 11.3. The molecule has 0 saturated heterocycles. The number of methoxy groups -OCH3 is 1. The number of nitrogens with one attached hydrogen (secondary N) is 2. The highest BCUT2D eigenvalue weighted by atomic mass is 79.9. The van der Waals surface area contributed by atoms with E-state index in [0.29, 0.717) is 27.4 Å². The average molecular weight is 435 g/mol. The molecule has 0 aliphatic rings. The fourth-order valence-electron chi connectivity index (χ4n) is 2.31. The Morgan fingerprint density at radius 1 is 1.26 bits per heavy atom. The van der Waals surface area contributed by atoms with Crippen molar-refractivity contribution in [2.24, 2.45) is 0 Å². The van der Waals surface area contributed by atoms with Gasteiger partial charge in [-0.15, -0.1) is 5.10 Å². The lowest BCUT2D eigenvalue weighted by molar-refractivity contribution is -0.122. The smallest absolute Gasteiger partial charge is 0.267 e. The summed E-state index contributed by atoms with van der Waals surface area (Å²) in [7, 11) is 1.56. The Kier molecular flexibility index (Phi) is 5.70. The predicted molar refractivity (Wildman–Crippen MR) is 101 cm³/mol. The van der Waals surface area contributed by atoms with Crippen molar-refractivity contribution in [2.75, 3.05) is 12.4 Å². The van der Waals surface area contributed by atoms with Gasteiger partial charge in [-0.25, -0.2) is 4.39 Å². The molecule has 1 aromatic heterocycles. The minimum Gasteiger partial charge on any atom is -0.496 e. The SMILES string of the molecule is COc1ccccc1-c1nc(NC(=O)C(C)Oc2ccc(F)cc2Br)n[nH]1. The van der Waals surface area contributed by atoms with E-state index in [1.54, 1.807) is 20.1 Å². The van der Waals surface area contributed by atoms with Crippen LogP contribution in [-0.2, 0) is 4.79 Å². The van der Waals surface area contributed by atoms with E-state index in [9.17, 15) is 9.18 Å². The summed E-state index contributed by atoms with van der Waals surface area (Å²) in [5.74, 6) is 0.688. The monoisotopic (exact) mass is 434 g/mol. The molecule has 1 heterocycles. The number of anilines is 1. The molecule has 0 bridgehead atoms. The minimum atomic E-state index is -0.847. The number of halogens is 2. The lowest BCUT2D eigenvalue weighted by atomic mass is 10.2. The first-order valence-electron chi connectivity index (χ1n) is 7.96. The molecule has 0 spiro atoms. The summed E-state index contributed by atoms with van der Waals surface area (Å²) in [5, 5.41) is 9.32. The van der Waals surface area contributed by atoms with Crippen LogP contribution in [0.2, 0.25) is 0 Å². The number of benzene rings is 2. The topological polar surface area (TPSA) is 89.1 Å². The maximum absolute atomic E-state index is 13.1. The van der Waals surface area contributed by atoms with E-state index >= 15 is 0 Å². The Balaban J connectivity index is 1.68. The summed E-state index contributed by atoms with van der Waals surface area (Å²) >= 11 is 3.20. The summed E-state index contributed by atoms with van der Waals surface area (Å²) in [4.78, 5) is 16.6. The molecule has 7 nitrogen and oxygen atoms in total. The average Bonchev–Trinajstić information content (AvgIpc) is 3.12. The van der Waals surface area contributed by atoms with E-state index in [0.717, 1.165) is 0 Å². The second kappa shape index (κ2) is 8.17. The number of H-pyrrole nitrogens is 1. The van der Waals surface area contributed by atoms with Crippen molar-refractivity contribution < 1.29 is 18.7 Å². The number of para-hydroxylation sites is 1. The first kappa shape index (κ1) is 18.8. The largest absolute Gasteiger partial charge is 0.496 e. The van der Waals surface area contributed by atoms with Gasteiger partial charge in [-0.05, 0) is 53.2 Å². The van der Waals surface area contributed by atoms with E-state index in [1.165, 1.54) is 18.2 Å². The number of carbonyl (C=O) groups is 1. The van der Waals surface area contributed by atoms with E-state index in [4.69, 9.17) is 9.47 Å². The lowest BCUT2D eigenvalue weighted by Gasteiger charge is -2.14. The zero-order chi connectivity index (χ0) is 19.4. The number of aromatic amines is 1. The van der Waals surface area contributed by atoms with E-state index in [2.05, 4.69) is 36.4 Å². The number of nitrogens with zero attached hydrogens (tertiary/aromatic N) is 2. The molecule has 3 rings (SSSR count). The minimum absolute atomic E-state index is 0.106. The van der Waals surface area contributed by atoms with Gasteiger partial charge in [0.15, 0.2) is 11.9 Å². The van der Waals surface area contributed by atoms with Gasteiger partial charge in [0.2, 0.25) is 5.95 Å². The second-order valence-corrected chi connectivity index (χ2v) is 6.39. The molecule has 0 aliphatic heterocycles. The van der Waals surface area contributed by atoms with Crippen LogP contribution >= 0.6 is 15.9 Å². The molecule has 27 heavy (non-hydrogen) atoms. The van der Waals surface area contributed by atoms with Crippen LogP contribution < -0.4 is 14.8 Å². The van der Waals surface area contributed by atoms with Crippen molar-refractivity contribution in [3.05, 3.63) is 52.8 Å². The van der Waals surface area contributed by atoms with Gasteiger partial charge in [-0.2, -0.15) is 4.98 Å². The molecule has 2 N–H and O–H groups in total. The number of rotatable bonds is 6. The highest BCUT2D eigenvalue weighted by Gasteiger charge is 2.19. The highest BCUT2D eigenvalue weighted by Crippen LogP contribution is 2.28. The number of ether oxygens (including phenoxy) is 2. The van der Waals surface area contributed by atoms with Crippen molar-refractivity contribution in [3.8, 4) is 22.9 Å². The number of aromatic nitrogens is 3. The molecule has 0 saturated carbocycles. The summed E-state index contributed by atoms with van der Waals surface area (Å²) in [5.41, 5.74) is 0.715. The molecule has 1 amide bonds. The van der Waals surface area contributed by atoms with Crippen LogP contribution in [0, 0.1) is 5.82 Å². The van der Waals surface area contributed by atoms with Crippen LogP contribution in [0.3, 0.4) is 0 Å². The van der Waals surface area contributed by atoms with Crippen LogP contribution in [-0.4, -0.2) is 34.3 Å². The van der Waals surface area contributed by atoms with Crippen LogP contribution in [0.25, 0.3) is 11.4 Å². The van der Waals surface area contributed by atoms with Crippen molar-refractivity contribution >= 4 is 27.8 Å². The first-order valence-corrected chi connectivity index (χ1v) is 8.75. The van der Waals surface area contributed by atoms with Gasteiger partial charge in [0, 0.05) is 0 Å². The number of amides is 1. The van der Waals surface area contributed by atoms with E-state index in [1.807, 2.05) is 18.2 Å². The maximum Gasteiger partial charge on any atom is 0.267 e. The van der Waals surface area contributed by atoms with Crippen LogP contribution in [0.1, 0.15) is 6.92 Å². The molecule has 0 fully saturated rings. The Morgan fingerprint density at radius 3 is 2.78 bits per heavy atom. The number of hydrogen-bond donors (Lipinski definition) is 2. The second-order valence-electron chi connectivity index (χ2n) is 5.53. The lowest BCUT2D eigenvalue weighted by Crippen LogP contribution is -2.30. The van der Waals surface area contributed by atoms with Crippen molar-refractivity contribution in [1.82, 2.24) is 15.2 Å². The zero-order valence-corrected chi connectivity index (χ0v) is 16.1. The summed E-state index contributed by atoms with van der Waals surface area (Å²) in [6.45, 7) is 1.57. The fraction of sp³-hybridized carbons (Fsp3) is 0.167. The van der Waals surface area contributed by atoms with Gasteiger partial charge in [-0.1, -0.05) is 12.1 Å². The van der Waals surface area contributed by atoms with Crippen molar-refractivity contribution in [2.45, 2.75) is 13.0 Å². The number of hydrogen-bond acceptors (Lipinski definition) is 5. The van der Waals surface area contributed by atoms with Crippen molar-refractivity contribution in [3.63, 3.8) is 0 Å². The molecule has 140 valence electrons. The van der Waals surface area contributed by atoms with E-state index < -0.39 is 17.8 Å². The molecule has 2 aromatic carbocycles. The third-order valence-electron chi connectivity index (χ3n) is 3.65. The number of carbonyl (C=O) groups excluding carboxylic acids is 1. The maximum atomic E-state index is 13.1. The van der Waals surface area contributed by atoms with Gasteiger partial charge in [0.1, 0.15) is 17.3 Å². The van der Waals surface area contributed by atoms with Gasteiger partial charge >= 0.3 is 0 Å². The van der Waals surface area contributed by atoms with Gasteiger partial charge < -0.3 is 9.47 Å². The molecule has 0 radical (unpaired) electrons. The Hall–Kier alpha value is -2.94. The molecule has 1 atom stereocenters. The zero-order valence-electron chi connectivity index (χ0n) is 14.5. The normalized spacial score (nSPS) is 11.7. The first-order chi connectivity index (χ1) is 13.0. The molecular weight excluding hydrogens is 419 g/mol. The van der Waals surface area contributed by atoms with Crippen molar-refractivity contribution in [1.29, 1.82) is 0 Å². The van der Waals surface area contributed by atoms with Gasteiger partial charge in [-0.3, -0.25) is 15.2 Å². The third-order valence-corrected chi connectivity index (χ3v) is 4.27. The van der Waals surface area contributed by atoms with Crippen LogP contribution in [0.15, 0.2) is 46.9 Å². The molecule has 3 aromatic rings. The Labute approximate surface area is 163 Å². The van der Waals surface area contributed by atoms with Gasteiger partial charge in [0.05, 0.1) is 17.1 Å². The van der Waals surface area contributed by atoms with Crippen LogP contribution in [0.4, 0.5) is 10.3 Å². The summed E-state index contributed by atoms with van der Waals surface area (Å²) in [6.07, 6.45) is -0.847. The Morgan fingerprint density at radius 2 is 2.04 bits per heavy atom. The molecular formula is C18H16BrFN4O3. The van der Waals surface area contributed by atoms with Crippen LogP contribution in [0.5, 0.6) is 11.5 Å². The summed E-state index contributed by atoms with van der Waals surface area (Å²) < 4.78 is 24.4. The third kappa shape index (κ3) is 4.43. The molecule has 0 aliphatic carbocycles. The highest BCUT2D eigenvalue weighted by molar-refractivity contribution is 9.10. The predicted octanol–water partition coefficient (Wildman–Crippen LogP) is 3.79.